The van der Waals surface area contributed by atoms with Crippen LogP contribution in [0.4, 0.5) is 5.69 Å². The van der Waals surface area contributed by atoms with Gasteiger partial charge in [0.05, 0.1) is 5.60 Å². The molecule has 0 spiro atoms. The highest BCUT2D eigenvalue weighted by molar-refractivity contribution is 5.55. The van der Waals surface area contributed by atoms with Crippen LogP contribution in [0.1, 0.15) is 32.3 Å². The molecular weight excluding hydrogens is 198 g/mol. The summed E-state index contributed by atoms with van der Waals surface area (Å²) in [4.78, 5) is 2.40. The van der Waals surface area contributed by atoms with Crippen molar-refractivity contribution in [2.24, 2.45) is 0 Å². The highest BCUT2D eigenvalue weighted by Crippen LogP contribution is 2.27. The zero-order valence-corrected chi connectivity index (χ0v) is 10.2. The Morgan fingerprint density at radius 2 is 2.06 bits per heavy atom. The van der Waals surface area contributed by atoms with Crippen LogP contribution in [0.2, 0.25) is 0 Å². The van der Waals surface area contributed by atoms with Crippen LogP contribution in [0.3, 0.4) is 0 Å². The van der Waals surface area contributed by atoms with E-state index in [0.29, 0.717) is 0 Å². The number of rotatable bonds is 3. The molecule has 1 aromatic carbocycles. The Hall–Kier alpha value is -1.02. The number of fused-ring (bicyclic) bond motifs is 1. The van der Waals surface area contributed by atoms with Crippen molar-refractivity contribution in [1.82, 2.24) is 0 Å². The number of nitrogens with zero attached hydrogens (tertiary/aromatic N) is 1. The molecule has 0 saturated carbocycles. The third kappa shape index (κ3) is 2.76. The van der Waals surface area contributed by atoms with Gasteiger partial charge in [0.15, 0.2) is 0 Å². The summed E-state index contributed by atoms with van der Waals surface area (Å²) < 4.78 is 0. The summed E-state index contributed by atoms with van der Waals surface area (Å²) in [5, 5.41) is 9.77. The van der Waals surface area contributed by atoms with Crippen molar-refractivity contribution in [3.8, 4) is 0 Å². The summed E-state index contributed by atoms with van der Waals surface area (Å²) in [5.41, 5.74) is 2.24. The molecule has 0 bridgehead atoms. The molecule has 1 heterocycles. The normalized spacial score (nSPS) is 16.1. The van der Waals surface area contributed by atoms with E-state index < -0.39 is 5.60 Å². The summed E-state index contributed by atoms with van der Waals surface area (Å²) in [6.07, 6.45) is 3.24. The van der Waals surface area contributed by atoms with Crippen LogP contribution in [-0.2, 0) is 6.42 Å². The van der Waals surface area contributed by atoms with Crippen LogP contribution in [-0.4, -0.2) is 23.8 Å². The minimum atomic E-state index is -0.563. The predicted octanol–water partition coefficient (Wildman–Crippen LogP) is 2.60. The Labute approximate surface area is 97.9 Å². The largest absolute Gasteiger partial charge is 0.390 e. The number of para-hydroxylation sites is 1. The van der Waals surface area contributed by atoms with E-state index in [1.54, 1.807) is 0 Å². The second kappa shape index (κ2) is 4.46. The summed E-state index contributed by atoms with van der Waals surface area (Å²) in [7, 11) is 0. The molecule has 1 aliphatic heterocycles. The summed E-state index contributed by atoms with van der Waals surface area (Å²) in [6.45, 7) is 5.82. The molecule has 0 aromatic heterocycles. The van der Waals surface area contributed by atoms with Gasteiger partial charge in [-0.3, -0.25) is 0 Å². The lowest BCUT2D eigenvalue weighted by atomic mass is 10.00. The van der Waals surface area contributed by atoms with E-state index in [9.17, 15) is 5.11 Å². The first-order valence-corrected chi connectivity index (χ1v) is 6.11. The molecule has 0 unspecified atom stereocenters. The van der Waals surface area contributed by atoms with Gasteiger partial charge in [-0.2, -0.15) is 0 Å². The van der Waals surface area contributed by atoms with E-state index in [1.165, 1.54) is 24.1 Å². The lowest BCUT2D eigenvalue weighted by molar-refractivity contribution is 0.0730. The SMILES string of the molecule is CC(C)(O)CCN1CCCc2ccccc21. The molecule has 16 heavy (non-hydrogen) atoms. The predicted molar refractivity (Wildman–Crippen MR) is 67.9 cm³/mol. The van der Waals surface area contributed by atoms with Crippen LogP contribution < -0.4 is 4.90 Å². The van der Waals surface area contributed by atoms with Crippen molar-refractivity contribution in [3.05, 3.63) is 29.8 Å². The van der Waals surface area contributed by atoms with E-state index >= 15 is 0 Å². The Morgan fingerprint density at radius 3 is 2.81 bits per heavy atom. The molecule has 1 aliphatic rings. The molecule has 0 fully saturated rings. The lowest BCUT2D eigenvalue weighted by Gasteiger charge is -2.33. The first kappa shape index (κ1) is 11.5. The van der Waals surface area contributed by atoms with Crippen LogP contribution in [0.15, 0.2) is 24.3 Å². The van der Waals surface area contributed by atoms with E-state index in [1.807, 2.05) is 13.8 Å². The third-order valence-corrected chi connectivity index (χ3v) is 3.20. The van der Waals surface area contributed by atoms with Gasteiger partial charge in [0.2, 0.25) is 0 Å². The number of benzene rings is 1. The van der Waals surface area contributed by atoms with Crippen molar-refractivity contribution >= 4 is 5.69 Å². The molecule has 0 saturated heterocycles. The van der Waals surface area contributed by atoms with E-state index in [2.05, 4.69) is 29.2 Å². The second-order valence-corrected chi connectivity index (χ2v) is 5.28. The van der Waals surface area contributed by atoms with Gasteiger partial charge in [-0.25, -0.2) is 0 Å². The van der Waals surface area contributed by atoms with Crippen molar-refractivity contribution in [1.29, 1.82) is 0 Å². The molecule has 2 nitrogen and oxygen atoms in total. The lowest BCUT2D eigenvalue weighted by Crippen LogP contribution is -2.34. The molecule has 88 valence electrons. The van der Waals surface area contributed by atoms with E-state index in [4.69, 9.17) is 0 Å². The highest BCUT2D eigenvalue weighted by Gasteiger charge is 2.19. The molecule has 0 amide bonds. The maximum Gasteiger partial charge on any atom is 0.0608 e. The second-order valence-electron chi connectivity index (χ2n) is 5.28. The minimum absolute atomic E-state index is 0.563. The van der Waals surface area contributed by atoms with Crippen LogP contribution in [0, 0.1) is 0 Å². The topological polar surface area (TPSA) is 23.5 Å². The van der Waals surface area contributed by atoms with Gasteiger partial charge in [0.25, 0.3) is 0 Å². The van der Waals surface area contributed by atoms with E-state index in [0.717, 1.165) is 19.5 Å². The van der Waals surface area contributed by atoms with Crippen LogP contribution in [0.25, 0.3) is 0 Å². The molecule has 1 aromatic rings. The van der Waals surface area contributed by atoms with Crippen LogP contribution in [0.5, 0.6) is 0 Å². The fourth-order valence-electron chi connectivity index (χ4n) is 2.25. The average Bonchev–Trinajstić information content (AvgIpc) is 2.25. The number of hydrogen-bond donors (Lipinski definition) is 1. The number of aliphatic hydroxyl groups is 1. The number of aryl methyl sites for hydroxylation is 1. The van der Waals surface area contributed by atoms with Crippen molar-refractivity contribution in [3.63, 3.8) is 0 Å². The Balaban J connectivity index is 2.07. The van der Waals surface area contributed by atoms with Crippen molar-refractivity contribution < 1.29 is 5.11 Å². The Bertz CT molecular complexity index is 354. The first-order chi connectivity index (χ1) is 7.56. The molecule has 1 N–H and O–H groups in total. The maximum absolute atomic E-state index is 9.77. The van der Waals surface area contributed by atoms with Crippen molar-refractivity contribution in [2.45, 2.75) is 38.7 Å². The third-order valence-electron chi connectivity index (χ3n) is 3.20. The average molecular weight is 219 g/mol. The Morgan fingerprint density at radius 1 is 1.31 bits per heavy atom. The first-order valence-electron chi connectivity index (χ1n) is 6.11. The monoisotopic (exact) mass is 219 g/mol. The van der Waals surface area contributed by atoms with Gasteiger partial charge in [-0.15, -0.1) is 0 Å². The molecule has 2 heteroatoms. The van der Waals surface area contributed by atoms with Gasteiger partial charge in [-0.1, -0.05) is 18.2 Å². The van der Waals surface area contributed by atoms with Gasteiger partial charge in [-0.05, 0) is 44.7 Å². The van der Waals surface area contributed by atoms with Crippen LogP contribution >= 0.6 is 0 Å². The van der Waals surface area contributed by atoms with E-state index in [-0.39, 0.29) is 0 Å². The highest BCUT2D eigenvalue weighted by atomic mass is 16.3. The summed E-state index contributed by atoms with van der Waals surface area (Å²) in [6, 6.07) is 8.62. The van der Waals surface area contributed by atoms with Gasteiger partial charge in [0.1, 0.15) is 0 Å². The van der Waals surface area contributed by atoms with Gasteiger partial charge >= 0.3 is 0 Å². The van der Waals surface area contributed by atoms with Gasteiger partial charge < -0.3 is 10.0 Å². The van der Waals surface area contributed by atoms with Gasteiger partial charge in [0, 0.05) is 18.8 Å². The zero-order valence-electron chi connectivity index (χ0n) is 10.2. The fraction of sp³-hybridized carbons (Fsp3) is 0.571. The quantitative estimate of drug-likeness (QED) is 0.844. The molecular formula is C14H21NO. The maximum atomic E-state index is 9.77. The number of anilines is 1. The summed E-state index contributed by atoms with van der Waals surface area (Å²) in [5.74, 6) is 0. The fourth-order valence-corrected chi connectivity index (χ4v) is 2.25. The summed E-state index contributed by atoms with van der Waals surface area (Å²) >= 11 is 0. The zero-order chi connectivity index (χ0) is 11.6. The molecule has 0 radical (unpaired) electrons. The molecule has 2 rings (SSSR count). The smallest absolute Gasteiger partial charge is 0.0608 e. The minimum Gasteiger partial charge on any atom is -0.390 e. The van der Waals surface area contributed by atoms with Crippen molar-refractivity contribution in [2.75, 3.05) is 18.0 Å². The Kier molecular flexibility index (Phi) is 3.20. The number of hydrogen-bond acceptors (Lipinski definition) is 2. The molecule has 0 aliphatic carbocycles. The molecule has 0 atom stereocenters. The standard InChI is InChI=1S/C14H21NO/c1-14(2,16)9-11-15-10-5-7-12-6-3-4-8-13(12)15/h3-4,6,8,16H,5,7,9-11H2,1-2H3.